The molecule has 0 aromatic carbocycles. The molecule has 1 fully saturated rings. The van der Waals surface area contributed by atoms with Gasteiger partial charge in [0.25, 0.3) is 0 Å². The van der Waals surface area contributed by atoms with Gasteiger partial charge in [-0.2, -0.15) is 0 Å². The Hall–Kier alpha value is -1.36. The predicted molar refractivity (Wildman–Crippen MR) is 63.6 cm³/mol. The molecule has 0 unspecified atom stereocenters. The van der Waals surface area contributed by atoms with Gasteiger partial charge in [-0.05, 0) is 12.8 Å². The first-order valence-corrected chi connectivity index (χ1v) is 6.55. The van der Waals surface area contributed by atoms with Crippen LogP contribution in [0.1, 0.15) is 12.8 Å². The summed E-state index contributed by atoms with van der Waals surface area (Å²) in [7, 11) is 2.11. The third kappa shape index (κ3) is 2.72. The Labute approximate surface area is 107 Å². The van der Waals surface area contributed by atoms with Crippen molar-refractivity contribution in [3.05, 3.63) is 12.2 Å². The van der Waals surface area contributed by atoms with Gasteiger partial charge in [-0.15, -0.1) is 0 Å². The summed E-state index contributed by atoms with van der Waals surface area (Å²) in [5.74, 6) is -2.20. The number of rotatable bonds is 2. The third-order valence-electron chi connectivity index (χ3n) is 3.98. The van der Waals surface area contributed by atoms with Crippen molar-refractivity contribution < 1.29 is 19.6 Å². The highest BCUT2D eigenvalue weighted by molar-refractivity contribution is 5.84. The molecule has 0 radical (unpaired) electrons. The molecule has 5 nitrogen and oxygen atoms in total. The number of carbonyl (C=O) groups is 2. The fraction of sp³-hybridized carbons (Fsp3) is 0.692. The number of carboxylic acids is 1. The molecule has 18 heavy (non-hydrogen) atoms. The first-order valence-electron chi connectivity index (χ1n) is 6.55. The largest absolute Gasteiger partial charge is 0.550 e. The Kier molecular flexibility index (Phi) is 4.01. The maximum absolute atomic E-state index is 12.4. The van der Waals surface area contributed by atoms with E-state index in [1.54, 1.807) is 0 Å². The lowest BCUT2D eigenvalue weighted by Crippen LogP contribution is -3.12. The fourth-order valence-electron chi connectivity index (χ4n) is 2.69. The first-order chi connectivity index (χ1) is 8.59. The zero-order valence-electron chi connectivity index (χ0n) is 10.7. The van der Waals surface area contributed by atoms with Crippen molar-refractivity contribution in [2.45, 2.75) is 12.8 Å². The van der Waals surface area contributed by atoms with Gasteiger partial charge in [-0.1, -0.05) is 12.2 Å². The van der Waals surface area contributed by atoms with Crippen molar-refractivity contribution in [1.29, 1.82) is 0 Å². The number of likely N-dealkylation sites (N-methyl/N-ethyl adjacent to an activating group) is 1. The maximum Gasteiger partial charge on any atom is 0.227 e. The lowest BCUT2D eigenvalue weighted by Gasteiger charge is -2.36. The smallest absolute Gasteiger partial charge is 0.227 e. The molecule has 1 saturated heterocycles. The minimum atomic E-state index is -1.10. The average molecular weight is 252 g/mol. The molecule has 2 rings (SSSR count). The summed E-state index contributed by atoms with van der Waals surface area (Å²) in [5, 5.41) is 11.1. The Bertz CT molecular complexity index is 359. The average Bonchev–Trinajstić information content (AvgIpc) is 2.39. The van der Waals surface area contributed by atoms with Crippen molar-refractivity contribution in [2.24, 2.45) is 11.8 Å². The summed E-state index contributed by atoms with van der Waals surface area (Å²) in [4.78, 5) is 26.7. The molecule has 1 aliphatic carbocycles. The summed E-state index contributed by atoms with van der Waals surface area (Å²) in [6.45, 7) is 3.32. The molecule has 1 heterocycles. The second-order valence-electron chi connectivity index (χ2n) is 5.26. The number of carbonyl (C=O) groups excluding carboxylic acids is 2. The highest BCUT2D eigenvalue weighted by atomic mass is 16.4. The van der Waals surface area contributed by atoms with Crippen LogP contribution in [-0.4, -0.2) is 50.0 Å². The molecule has 0 saturated carbocycles. The summed E-state index contributed by atoms with van der Waals surface area (Å²) in [5.41, 5.74) is 0. The maximum atomic E-state index is 12.4. The second-order valence-corrected chi connectivity index (χ2v) is 5.26. The highest BCUT2D eigenvalue weighted by Crippen LogP contribution is 2.27. The van der Waals surface area contributed by atoms with E-state index in [2.05, 4.69) is 7.05 Å². The standard InChI is InChI=1S/C13H20N2O3/c1-14-6-8-15(9-7-14)12(16)10-4-2-3-5-11(10)13(17)18/h2-3,10-11H,4-9H2,1H3,(H,17,18)/t10-,11-/m1/s1. The van der Waals surface area contributed by atoms with Crippen LogP contribution in [0.5, 0.6) is 0 Å². The molecule has 0 aromatic rings. The van der Waals surface area contributed by atoms with Gasteiger partial charge in [0.2, 0.25) is 5.91 Å². The quantitative estimate of drug-likeness (QED) is 0.561. The molecule has 0 bridgehead atoms. The molecular formula is C13H20N2O3. The van der Waals surface area contributed by atoms with E-state index in [1.807, 2.05) is 17.1 Å². The van der Waals surface area contributed by atoms with Crippen LogP contribution in [0.3, 0.4) is 0 Å². The van der Waals surface area contributed by atoms with Crippen LogP contribution in [0, 0.1) is 11.8 Å². The van der Waals surface area contributed by atoms with Crippen LogP contribution < -0.4 is 10.0 Å². The second kappa shape index (κ2) is 5.52. The monoisotopic (exact) mass is 252 g/mol. The van der Waals surface area contributed by atoms with Gasteiger partial charge >= 0.3 is 0 Å². The molecule has 1 N–H and O–H groups in total. The molecule has 5 heteroatoms. The number of allylic oxidation sites excluding steroid dienone is 2. The van der Waals surface area contributed by atoms with Crippen molar-refractivity contribution in [3.63, 3.8) is 0 Å². The Balaban J connectivity index is 2.03. The number of nitrogens with one attached hydrogen (secondary N) is 1. The molecule has 100 valence electrons. The summed E-state index contributed by atoms with van der Waals surface area (Å²) in [6, 6.07) is 0. The number of nitrogens with zero attached hydrogens (tertiary/aromatic N) is 1. The van der Waals surface area contributed by atoms with Gasteiger partial charge in [0.05, 0.1) is 33.2 Å². The number of quaternary nitrogens is 1. The van der Waals surface area contributed by atoms with Crippen LogP contribution in [0.25, 0.3) is 0 Å². The Morgan fingerprint density at radius 3 is 2.28 bits per heavy atom. The summed E-state index contributed by atoms with van der Waals surface area (Å²) >= 11 is 0. The predicted octanol–water partition coefficient (Wildman–Crippen LogP) is -2.32. The van der Waals surface area contributed by atoms with Crippen LogP contribution in [0.4, 0.5) is 0 Å². The van der Waals surface area contributed by atoms with E-state index in [4.69, 9.17) is 0 Å². The zero-order chi connectivity index (χ0) is 13.1. The highest BCUT2D eigenvalue weighted by Gasteiger charge is 2.34. The van der Waals surface area contributed by atoms with E-state index in [-0.39, 0.29) is 5.91 Å². The summed E-state index contributed by atoms with van der Waals surface area (Å²) in [6.07, 6.45) is 4.68. The molecule has 2 aliphatic rings. The number of amides is 1. The number of aliphatic carboxylic acids is 1. The summed E-state index contributed by atoms with van der Waals surface area (Å²) < 4.78 is 0. The minimum absolute atomic E-state index is 0.0129. The number of hydrogen-bond acceptors (Lipinski definition) is 3. The molecule has 0 aromatic heterocycles. The van der Waals surface area contributed by atoms with Gasteiger partial charge in [0.15, 0.2) is 0 Å². The number of piperazine rings is 1. The molecular weight excluding hydrogens is 232 g/mol. The molecule has 1 amide bonds. The lowest BCUT2D eigenvalue weighted by atomic mass is 9.82. The number of carboxylic acid groups (broad SMARTS) is 1. The van der Waals surface area contributed by atoms with Crippen molar-refractivity contribution in [1.82, 2.24) is 4.90 Å². The molecule has 1 aliphatic heterocycles. The van der Waals surface area contributed by atoms with Gasteiger partial charge in [-0.25, -0.2) is 0 Å². The van der Waals surface area contributed by atoms with Crippen molar-refractivity contribution in [2.75, 3.05) is 33.2 Å². The van der Waals surface area contributed by atoms with Gasteiger partial charge in [0.1, 0.15) is 0 Å². The number of hydrogen-bond donors (Lipinski definition) is 1. The van der Waals surface area contributed by atoms with E-state index in [0.29, 0.717) is 12.8 Å². The van der Waals surface area contributed by atoms with Crippen LogP contribution >= 0.6 is 0 Å². The Morgan fingerprint density at radius 1 is 1.17 bits per heavy atom. The lowest BCUT2D eigenvalue weighted by molar-refractivity contribution is -0.883. The normalized spacial score (nSPS) is 29.3. The minimum Gasteiger partial charge on any atom is -0.550 e. The van der Waals surface area contributed by atoms with E-state index in [0.717, 1.165) is 26.2 Å². The molecule has 0 spiro atoms. The van der Waals surface area contributed by atoms with E-state index < -0.39 is 17.8 Å². The van der Waals surface area contributed by atoms with Gasteiger partial charge in [0, 0.05) is 17.8 Å². The van der Waals surface area contributed by atoms with E-state index in [1.165, 1.54) is 4.90 Å². The Morgan fingerprint density at radius 2 is 1.72 bits per heavy atom. The zero-order valence-corrected chi connectivity index (χ0v) is 10.7. The van der Waals surface area contributed by atoms with E-state index >= 15 is 0 Å². The fourth-order valence-corrected chi connectivity index (χ4v) is 2.69. The third-order valence-corrected chi connectivity index (χ3v) is 3.98. The first kappa shape index (κ1) is 13.1. The van der Waals surface area contributed by atoms with Gasteiger partial charge < -0.3 is 19.7 Å². The SMILES string of the molecule is C[NH+]1CCN(C(=O)[C@@H]2CC=CC[C@H]2C(=O)[O-])CC1. The topological polar surface area (TPSA) is 64.9 Å². The van der Waals surface area contributed by atoms with Crippen molar-refractivity contribution >= 4 is 11.9 Å². The van der Waals surface area contributed by atoms with Crippen LogP contribution in [0.2, 0.25) is 0 Å². The van der Waals surface area contributed by atoms with Crippen LogP contribution in [0.15, 0.2) is 12.2 Å². The van der Waals surface area contributed by atoms with Crippen molar-refractivity contribution in [3.8, 4) is 0 Å². The van der Waals surface area contributed by atoms with Crippen LogP contribution in [-0.2, 0) is 9.59 Å². The van der Waals surface area contributed by atoms with Gasteiger partial charge in [-0.3, -0.25) is 4.79 Å². The van der Waals surface area contributed by atoms with E-state index in [9.17, 15) is 14.7 Å². The molecule has 2 atom stereocenters.